The number of piperidine rings is 1. The van der Waals surface area contributed by atoms with E-state index in [4.69, 9.17) is 0 Å². The van der Waals surface area contributed by atoms with Crippen molar-refractivity contribution in [1.82, 2.24) is 14.9 Å². The van der Waals surface area contributed by atoms with Gasteiger partial charge in [-0.25, -0.2) is 4.98 Å². The first-order chi connectivity index (χ1) is 6.34. The molecule has 3 nitrogen and oxygen atoms in total. The van der Waals surface area contributed by atoms with Crippen LogP contribution in [0.1, 0.15) is 25.1 Å². The summed E-state index contributed by atoms with van der Waals surface area (Å²) in [5.74, 6) is 1.06. The molecule has 0 spiro atoms. The zero-order valence-corrected chi connectivity index (χ0v) is 9.18. The smallest absolute Gasteiger partial charge is 0.121 e. The molecule has 0 atom stereocenters. The third-order valence-electron chi connectivity index (χ3n) is 2.42. The van der Waals surface area contributed by atoms with E-state index >= 15 is 0 Å². The van der Waals surface area contributed by atoms with Gasteiger partial charge in [0.15, 0.2) is 0 Å². The van der Waals surface area contributed by atoms with Crippen molar-refractivity contribution < 1.29 is 0 Å². The predicted octanol–water partition coefficient (Wildman–Crippen LogP) is 2.16. The molecular formula is C9H14BrN3. The van der Waals surface area contributed by atoms with Gasteiger partial charge in [0.2, 0.25) is 0 Å². The van der Waals surface area contributed by atoms with Crippen molar-refractivity contribution in [2.24, 2.45) is 0 Å². The molecule has 1 aliphatic heterocycles. The van der Waals surface area contributed by atoms with E-state index in [2.05, 4.69) is 30.8 Å². The number of H-pyrrole nitrogens is 1. The molecule has 0 amide bonds. The standard InChI is InChI=1S/C9H14BrN3/c10-8-6-11-9(12-8)7-13-4-2-1-3-5-13/h6H,1-5,7H2,(H,11,12). The molecule has 0 radical (unpaired) electrons. The molecule has 2 rings (SSSR count). The fourth-order valence-corrected chi connectivity index (χ4v) is 2.08. The number of likely N-dealkylation sites (tertiary alicyclic amines) is 1. The van der Waals surface area contributed by atoms with Crippen LogP contribution in [0.2, 0.25) is 0 Å². The molecule has 1 aromatic rings. The van der Waals surface area contributed by atoms with Crippen molar-refractivity contribution in [3.8, 4) is 0 Å². The van der Waals surface area contributed by atoms with Crippen LogP contribution < -0.4 is 0 Å². The van der Waals surface area contributed by atoms with Gasteiger partial charge in [-0.05, 0) is 41.9 Å². The fraction of sp³-hybridized carbons (Fsp3) is 0.667. The second-order valence-corrected chi connectivity index (χ2v) is 4.37. The Morgan fingerprint density at radius 2 is 2.15 bits per heavy atom. The van der Waals surface area contributed by atoms with Gasteiger partial charge < -0.3 is 4.98 Å². The molecule has 0 unspecified atom stereocenters. The van der Waals surface area contributed by atoms with Gasteiger partial charge in [0.1, 0.15) is 10.4 Å². The first-order valence-electron chi connectivity index (χ1n) is 4.76. The molecule has 0 bridgehead atoms. The molecule has 0 aliphatic carbocycles. The summed E-state index contributed by atoms with van der Waals surface area (Å²) >= 11 is 3.36. The first kappa shape index (κ1) is 9.21. The van der Waals surface area contributed by atoms with Crippen LogP contribution in [0, 0.1) is 0 Å². The Morgan fingerprint density at radius 1 is 1.38 bits per heavy atom. The minimum atomic E-state index is 0.964. The van der Waals surface area contributed by atoms with E-state index in [-0.39, 0.29) is 0 Å². The lowest BCUT2D eigenvalue weighted by molar-refractivity contribution is 0.216. The average molecular weight is 244 g/mol. The van der Waals surface area contributed by atoms with E-state index < -0.39 is 0 Å². The molecule has 0 saturated carbocycles. The molecule has 72 valence electrons. The molecule has 4 heteroatoms. The van der Waals surface area contributed by atoms with Gasteiger partial charge in [0.25, 0.3) is 0 Å². The van der Waals surface area contributed by atoms with E-state index in [9.17, 15) is 0 Å². The van der Waals surface area contributed by atoms with Gasteiger partial charge in [0, 0.05) is 0 Å². The lowest BCUT2D eigenvalue weighted by atomic mass is 10.1. The number of aromatic nitrogens is 2. The van der Waals surface area contributed by atoms with Crippen molar-refractivity contribution >= 4 is 15.9 Å². The first-order valence-corrected chi connectivity index (χ1v) is 5.55. The van der Waals surface area contributed by atoms with Crippen molar-refractivity contribution in [3.63, 3.8) is 0 Å². The summed E-state index contributed by atoms with van der Waals surface area (Å²) in [5.41, 5.74) is 0. The van der Waals surface area contributed by atoms with Crippen LogP contribution in [-0.2, 0) is 6.54 Å². The van der Waals surface area contributed by atoms with Gasteiger partial charge in [0.05, 0.1) is 12.7 Å². The summed E-state index contributed by atoms with van der Waals surface area (Å²) < 4.78 is 0.972. The number of nitrogens with zero attached hydrogens (tertiary/aromatic N) is 2. The summed E-state index contributed by atoms with van der Waals surface area (Å²) in [5, 5.41) is 0. The van der Waals surface area contributed by atoms with Crippen LogP contribution in [0.4, 0.5) is 0 Å². The maximum atomic E-state index is 4.27. The lowest BCUT2D eigenvalue weighted by Gasteiger charge is -2.25. The van der Waals surface area contributed by atoms with Gasteiger partial charge in [-0.15, -0.1) is 0 Å². The van der Waals surface area contributed by atoms with Gasteiger partial charge >= 0.3 is 0 Å². The number of halogens is 1. The topological polar surface area (TPSA) is 31.9 Å². The van der Waals surface area contributed by atoms with E-state index in [1.165, 1.54) is 32.4 Å². The maximum absolute atomic E-state index is 4.27. The van der Waals surface area contributed by atoms with Crippen LogP contribution >= 0.6 is 15.9 Å². The third-order valence-corrected chi connectivity index (χ3v) is 2.82. The Bertz CT molecular complexity index is 266. The maximum Gasteiger partial charge on any atom is 0.121 e. The molecule has 1 aliphatic rings. The number of aromatic amines is 1. The Hall–Kier alpha value is -0.350. The molecule has 1 saturated heterocycles. The molecule has 1 N–H and O–H groups in total. The number of hydrogen-bond acceptors (Lipinski definition) is 2. The van der Waals surface area contributed by atoms with E-state index in [1.807, 2.05) is 6.20 Å². The summed E-state index contributed by atoms with van der Waals surface area (Å²) in [6.45, 7) is 3.40. The Labute approximate surface area is 86.7 Å². The highest BCUT2D eigenvalue weighted by Gasteiger charge is 2.11. The van der Waals surface area contributed by atoms with Crippen LogP contribution in [0.3, 0.4) is 0 Å². The highest BCUT2D eigenvalue weighted by atomic mass is 79.9. The fourth-order valence-electron chi connectivity index (χ4n) is 1.75. The molecule has 1 aromatic heterocycles. The van der Waals surface area contributed by atoms with Gasteiger partial charge in [-0.3, -0.25) is 4.90 Å². The van der Waals surface area contributed by atoms with Gasteiger partial charge in [-0.1, -0.05) is 6.42 Å². The lowest BCUT2D eigenvalue weighted by Crippen LogP contribution is -2.29. The second kappa shape index (κ2) is 4.24. The van der Waals surface area contributed by atoms with E-state index in [1.54, 1.807) is 0 Å². The van der Waals surface area contributed by atoms with Crippen LogP contribution in [0.5, 0.6) is 0 Å². The zero-order valence-electron chi connectivity index (χ0n) is 7.59. The van der Waals surface area contributed by atoms with Crippen molar-refractivity contribution in [2.75, 3.05) is 13.1 Å². The molecule has 13 heavy (non-hydrogen) atoms. The van der Waals surface area contributed by atoms with E-state index in [0.717, 1.165) is 17.0 Å². The molecule has 0 aromatic carbocycles. The second-order valence-electron chi connectivity index (χ2n) is 3.51. The minimum Gasteiger partial charge on any atom is -0.336 e. The summed E-state index contributed by atoms with van der Waals surface area (Å²) in [4.78, 5) is 9.91. The largest absolute Gasteiger partial charge is 0.336 e. The number of imidazole rings is 1. The SMILES string of the molecule is Brc1cnc(CN2CCCCC2)[nH]1. The number of hydrogen-bond donors (Lipinski definition) is 1. The molecule has 2 heterocycles. The Morgan fingerprint density at radius 3 is 2.77 bits per heavy atom. The van der Waals surface area contributed by atoms with Crippen molar-refractivity contribution in [2.45, 2.75) is 25.8 Å². The minimum absolute atomic E-state index is 0.964. The Kier molecular flexibility index (Phi) is 3.01. The van der Waals surface area contributed by atoms with E-state index in [0.29, 0.717) is 0 Å². The molecule has 1 fully saturated rings. The summed E-state index contributed by atoms with van der Waals surface area (Å²) in [6.07, 6.45) is 5.88. The molecular weight excluding hydrogens is 230 g/mol. The highest BCUT2D eigenvalue weighted by Crippen LogP contribution is 2.12. The monoisotopic (exact) mass is 243 g/mol. The number of rotatable bonds is 2. The number of nitrogens with one attached hydrogen (secondary N) is 1. The van der Waals surface area contributed by atoms with Crippen LogP contribution in [-0.4, -0.2) is 28.0 Å². The predicted molar refractivity (Wildman–Crippen MR) is 55.4 cm³/mol. The zero-order chi connectivity index (χ0) is 9.10. The van der Waals surface area contributed by atoms with Crippen molar-refractivity contribution in [1.29, 1.82) is 0 Å². The summed E-state index contributed by atoms with van der Waals surface area (Å²) in [6, 6.07) is 0. The Balaban J connectivity index is 1.89. The van der Waals surface area contributed by atoms with Gasteiger partial charge in [-0.2, -0.15) is 0 Å². The van der Waals surface area contributed by atoms with Crippen molar-refractivity contribution in [3.05, 3.63) is 16.6 Å². The quantitative estimate of drug-likeness (QED) is 0.864. The third kappa shape index (κ3) is 2.54. The normalized spacial score (nSPS) is 19.2. The van der Waals surface area contributed by atoms with Crippen LogP contribution in [0.15, 0.2) is 10.8 Å². The average Bonchev–Trinajstić information content (AvgIpc) is 2.53. The summed E-state index contributed by atoms with van der Waals surface area (Å²) in [7, 11) is 0. The highest BCUT2D eigenvalue weighted by molar-refractivity contribution is 9.10. The van der Waals surface area contributed by atoms with Crippen LogP contribution in [0.25, 0.3) is 0 Å².